The average molecular weight is 305 g/mol. The first-order chi connectivity index (χ1) is 9.96. The number of fused-ring (bicyclic) bond motifs is 1. The molecule has 21 heavy (non-hydrogen) atoms. The molecular weight excluding hydrogens is 294 g/mol. The first-order valence-electron chi connectivity index (χ1n) is 6.16. The van der Waals surface area contributed by atoms with Crippen LogP contribution in [0.2, 0.25) is 0 Å². The minimum atomic E-state index is -3.16. The lowest BCUT2D eigenvalue weighted by molar-refractivity contribution is -0.383. The van der Waals surface area contributed by atoms with Crippen molar-refractivity contribution in [3.63, 3.8) is 0 Å². The van der Waals surface area contributed by atoms with Crippen molar-refractivity contribution in [3.8, 4) is 0 Å². The summed E-state index contributed by atoms with van der Waals surface area (Å²) in [4.78, 5) is 14.6. The summed E-state index contributed by atoms with van der Waals surface area (Å²) < 4.78 is 22.8. The standard InChI is InChI=1S/C13H11N3O4S/c17-16(18)12-3-1-2-10-11(4-6-14-13(10)12)15-9-5-7-21(19,20)8-9/h1-7,9H,8H2,(H,14,15). The Labute approximate surface area is 120 Å². The molecule has 0 radical (unpaired) electrons. The molecule has 2 heterocycles. The summed E-state index contributed by atoms with van der Waals surface area (Å²) in [5.74, 6) is -0.0221. The number of sulfone groups is 1. The Morgan fingerprint density at radius 1 is 1.33 bits per heavy atom. The topological polar surface area (TPSA) is 102 Å². The summed E-state index contributed by atoms with van der Waals surface area (Å²) in [5, 5.41) is 15.9. The molecule has 1 unspecified atom stereocenters. The van der Waals surface area contributed by atoms with Gasteiger partial charge in [0.2, 0.25) is 0 Å². The molecule has 1 aliphatic rings. The number of nitrogens with one attached hydrogen (secondary N) is 1. The van der Waals surface area contributed by atoms with Gasteiger partial charge >= 0.3 is 0 Å². The van der Waals surface area contributed by atoms with Crippen LogP contribution in [0.25, 0.3) is 10.9 Å². The van der Waals surface area contributed by atoms with Crippen LogP contribution in [0, 0.1) is 10.1 Å². The van der Waals surface area contributed by atoms with Gasteiger partial charge in [0, 0.05) is 28.7 Å². The number of non-ortho nitro benzene ring substituents is 1. The van der Waals surface area contributed by atoms with E-state index >= 15 is 0 Å². The van der Waals surface area contributed by atoms with Gasteiger partial charge < -0.3 is 5.32 Å². The van der Waals surface area contributed by atoms with Crippen molar-refractivity contribution in [1.29, 1.82) is 0 Å². The maximum atomic E-state index is 11.4. The van der Waals surface area contributed by atoms with E-state index in [2.05, 4.69) is 10.3 Å². The molecule has 1 aromatic carbocycles. The SMILES string of the molecule is O=[N+]([O-])c1cccc2c(NC3C=CS(=O)(=O)C3)ccnc12. The molecule has 0 fully saturated rings. The Kier molecular flexibility index (Phi) is 3.09. The summed E-state index contributed by atoms with van der Waals surface area (Å²) in [5.41, 5.74) is 0.818. The zero-order valence-electron chi connectivity index (χ0n) is 10.8. The quantitative estimate of drug-likeness (QED) is 0.686. The van der Waals surface area contributed by atoms with Crippen molar-refractivity contribution in [2.45, 2.75) is 6.04 Å². The molecule has 8 heteroatoms. The monoisotopic (exact) mass is 305 g/mol. The molecule has 1 aliphatic heterocycles. The Bertz CT molecular complexity index is 861. The number of nitro groups is 1. The summed E-state index contributed by atoms with van der Waals surface area (Å²) in [6.07, 6.45) is 3.03. The van der Waals surface area contributed by atoms with Gasteiger partial charge in [0.15, 0.2) is 9.84 Å². The molecule has 2 aromatic rings. The number of hydrogen-bond donors (Lipinski definition) is 1. The Balaban J connectivity index is 2.02. The summed E-state index contributed by atoms with van der Waals surface area (Å²) in [7, 11) is -3.16. The molecule has 0 saturated heterocycles. The Hall–Kier alpha value is -2.48. The third-order valence-corrected chi connectivity index (χ3v) is 4.61. The first-order valence-corrected chi connectivity index (χ1v) is 7.87. The lowest BCUT2D eigenvalue weighted by Crippen LogP contribution is -2.21. The Morgan fingerprint density at radius 3 is 2.81 bits per heavy atom. The van der Waals surface area contributed by atoms with Crippen LogP contribution in [-0.4, -0.2) is 30.1 Å². The van der Waals surface area contributed by atoms with Crippen LogP contribution in [0.3, 0.4) is 0 Å². The number of benzene rings is 1. The van der Waals surface area contributed by atoms with Gasteiger partial charge in [-0.3, -0.25) is 10.1 Å². The van der Waals surface area contributed by atoms with Crippen LogP contribution < -0.4 is 5.32 Å². The highest BCUT2D eigenvalue weighted by Gasteiger charge is 2.22. The van der Waals surface area contributed by atoms with Gasteiger partial charge in [-0.25, -0.2) is 13.4 Å². The van der Waals surface area contributed by atoms with E-state index < -0.39 is 14.8 Å². The highest BCUT2D eigenvalue weighted by Crippen LogP contribution is 2.29. The largest absolute Gasteiger partial charge is 0.377 e. The smallest absolute Gasteiger partial charge is 0.295 e. The van der Waals surface area contributed by atoms with Crippen LogP contribution in [0.15, 0.2) is 41.9 Å². The van der Waals surface area contributed by atoms with Crippen molar-refractivity contribution >= 4 is 32.1 Å². The van der Waals surface area contributed by atoms with Crippen LogP contribution in [0.4, 0.5) is 11.4 Å². The molecular formula is C13H11N3O4S. The molecule has 108 valence electrons. The third kappa shape index (κ3) is 2.57. The molecule has 1 atom stereocenters. The summed E-state index contributed by atoms with van der Waals surface area (Å²) in [6, 6.07) is 6.00. The van der Waals surface area contributed by atoms with E-state index in [0.29, 0.717) is 11.1 Å². The molecule has 0 bridgehead atoms. The summed E-state index contributed by atoms with van der Waals surface area (Å²) >= 11 is 0. The fraction of sp³-hybridized carbons (Fsp3) is 0.154. The van der Waals surface area contributed by atoms with Crippen LogP contribution >= 0.6 is 0 Å². The molecule has 0 amide bonds. The van der Waals surface area contributed by atoms with Crippen molar-refractivity contribution in [2.24, 2.45) is 0 Å². The molecule has 1 N–H and O–H groups in total. The number of anilines is 1. The number of rotatable bonds is 3. The highest BCUT2D eigenvalue weighted by atomic mass is 32.2. The van der Waals surface area contributed by atoms with Crippen molar-refractivity contribution in [3.05, 3.63) is 52.1 Å². The zero-order valence-corrected chi connectivity index (χ0v) is 11.6. The normalized spacial score (nSPS) is 19.7. The molecule has 0 spiro atoms. The van der Waals surface area contributed by atoms with Gasteiger partial charge in [-0.2, -0.15) is 0 Å². The average Bonchev–Trinajstić information content (AvgIpc) is 2.77. The van der Waals surface area contributed by atoms with Gasteiger partial charge in [-0.1, -0.05) is 18.2 Å². The van der Waals surface area contributed by atoms with Gasteiger partial charge in [0.05, 0.1) is 16.7 Å². The van der Waals surface area contributed by atoms with E-state index in [1.807, 2.05) is 0 Å². The van der Waals surface area contributed by atoms with Gasteiger partial charge in [0.1, 0.15) is 5.52 Å². The molecule has 3 rings (SSSR count). The number of nitrogens with zero attached hydrogens (tertiary/aromatic N) is 2. The molecule has 1 aromatic heterocycles. The number of nitro benzene ring substituents is 1. The second-order valence-electron chi connectivity index (χ2n) is 4.70. The minimum absolute atomic E-state index is 0.0221. The number of para-hydroxylation sites is 1. The van der Waals surface area contributed by atoms with E-state index in [4.69, 9.17) is 0 Å². The lowest BCUT2D eigenvalue weighted by atomic mass is 10.1. The fourth-order valence-corrected chi connectivity index (χ4v) is 3.53. The maximum absolute atomic E-state index is 11.4. The fourth-order valence-electron chi connectivity index (χ4n) is 2.30. The number of aromatic nitrogens is 1. The predicted molar refractivity (Wildman–Crippen MR) is 78.7 cm³/mol. The predicted octanol–water partition coefficient (Wildman–Crippen LogP) is 1.87. The van der Waals surface area contributed by atoms with Crippen LogP contribution in [0.1, 0.15) is 0 Å². The van der Waals surface area contributed by atoms with Gasteiger partial charge in [0.25, 0.3) is 5.69 Å². The molecule has 7 nitrogen and oxygen atoms in total. The zero-order chi connectivity index (χ0) is 15.0. The Morgan fingerprint density at radius 2 is 2.14 bits per heavy atom. The number of hydrogen-bond acceptors (Lipinski definition) is 6. The van der Waals surface area contributed by atoms with Gasteiger partial charge in [-0.05, 0) is 6.07 Å². The first kappa shape index (κ1) is 13.5. The van der Waals surface area contributed by atoms with E-state index in [1.54, 1.807) is 24.3 Å². The van der Waals surface area contributed by atoms with Crippen molar-refractivity contribution < 1.29 is 13.3 Å². The van der Waals surface area contributed by atoms with E-state index in [0.717, 1.165) is 0 Å². The van der Waals surface area contributed by atoms with Crippen molar-refractivity contribution in [2.75, 3.05) is 11.1 Å². The van der Waals surface area contributed by atoms with E-state index in [-0.39, 0.29) is 23.0 Å². The maximum Gasteiger partial charge on any atom is 0.295 e. The third-order valence-electron chi connectivity index (χ3n) is 3.22. The molecule has 0 aliphatic carbocycles. The summed E-state index contributed by atoms with van der Waals surface area (Å²) in [6.45, 7) is 0. The van der Waals surface area contributed by atoms with E-state index in [1.165, 1.54) is 17.7 Å². The minimum Gasteiger partial charge on any atom is -0.377 e. The number of pyridine rings is 1. The second kappa shape index (κ2) is 4.81. The van der Waals surface area contributed by atoms with Crippen LogP contribution in [0.5, 0.6) is 0 Å². The van der Waals surface area contributed by atoms with E-state index in [9.17, 15) is 18.5 Å². The lowest BCUT2D eigenvalue weighted by Gasteiger charge is -2.13. The highest BCUT2D eigenvalue weighted by molar-refractivity contribution is 7.94. The van der Waals surface area contributed by atoms with Crippen LogP contribution in [-0.2, 0) is 9.84 Å². The molecule has 0 saturated carbocycles. The second-order valence-corrected chi connectivity index (χ2v) is 6.63. The van der Waals surface area contributed by atoms with Gasteiger partial charge in [-0.15, -0.1) is 0 Å². The van der Waals surface area contributed by atoms with Crippen molar-refractivity contribution in [1.82, 2.24) is 4.98 Å².